The van der Waals surface area contributed by atoms with Gasteiger partial charge in [0.05, 0.1) is 24.6 Å². The summed E-state index contributed by atoms with van der Waals surface area (Å²) in [5.74, 6) is -1.23. The molecule has 1 aliphatic heterocycles. The van der Waals surface area contributed by atoms with Gasteiger partial charge in [0.2, 0.25) is 0 Å². The molecular weight excluding hydrogens is 480 g/mol. The minimum absolute atomic E-state index is 0.0234. The van der Waals surface area contributed by atoms with E-state index in [1.165, 1.54) is 28.3 Å². The minimum atomic E-state index is -0.674. The van der Waals surface area contributed by atoms with Gasteiger partial charge in [0.1, 0.15) is 16.9 Å². The van der Waals surface area contributed by atoms with Crippen LogP contribution in [0.25, 0.3) is 16.7 Å². The van der Waals surface area contributed by atoms with Gasteiger partial charge >= 0.3 is 5.97 Å². The first kappa shape index (κ1) is 25.6. The Bertz CT molecular complexity index is 1500. The van der Waals surface area contributed by atoms with Gasteiger partial charge in [0.25, 0.3) is 11.5 Å². The molecule has 10 heteroatoms. The molecule has 3 aromatic rings. The van der Waals surface area contributed by atoms with Crippen molar-refractivity contribution >= 4 is 40.3 Å². The zero-order chi connectivity index (χ0) is 25.7. The molecule has 0 radical (unpaired) electrons. The first-order valence-corrected chi connectivity index (χ1v) is 13.0. The summed E-state index contributed by atoms with van der Waals surface area (Å²) in [6, 6.07) is 5.06. The van der Waals surface area contributed by atoms with Gasteiger partial charge in [-0.05, 0) is 56.0 Å². The largest absolute Gasteiger partial charge is 0.462 e. The van der Waals surface area contributed by atoms with Crippen LogP contribution in [-0.4, -0.2) is 51.4 Å². The average molecular weight is 509 g/mol. The smallest absolute Gasteiger partial charge is 0.341 e. The number of amides is 1. The molecule has 0 bridgehead atoms. The van der Waals surface area contributed by atoms with Crippen LogP contribution in [0.4, 0.5) is 0 Å². The highest BCUT2D eigenvalue weighted by atomic mass is 32.2. The van der Waals surface area contributed by atoms with Crippen LogP contribution >= 0.6 is 11.8 Å². The summed E-state index contributed by atoms with van der Waals surface area (Å²) >= 11 is 1.50. The number of aromatic nitrogens is 3. The molecule has 0 saturated carbocycles. The second kappa shape index (κ2) is 11.5. The van der Waals surface area contributed by atoms with Crippen LogP contribution in [0.15, 0.2) is 57.8 Å². The number of pyridine rings is 2. The molecular formula is C26H28N4O5S. The monoisotopic (exact) mass is 508 g/mol. The summed E-state index contributed by atoms with van der Waals surface area (Å²) in [5, 5.41) is 2.05. The number of fused-ring (bicyclic) bond motifs is 2. The van der Waals surface area contributed by atoms with E-state index >= 15 is 0 Å². The number of carbonyl (C=O) groups excluding carboxylic acids is 2. The second-order valence-corrected chi connectivity index (χ2v) is 9.00. The zero-order valence-electron chi connectivity index (χ0n) is 20.5. The van der Waals surface area contributed by atoms with Crippen molar-refractivity contribution in [3.05, 3.63) is 75.0 Å². The summed E-state index contributed by atoms with van der Waals surface area (Å²) in [6.07, 6.45) is 9.70. The van der Waals surface area contributed by atoms with Crippen molar-refractivity contribution < 1.29 is 19.1 Å². The van der Waals surface area contributed by atoms with E-state index < -0.39 is 11.9 Å². The minimum Gasteiger partial charge on any atom is -0.462 e. The molecule has 1 fully saturated rings. The molecule has 4 rings (SSSR count). The molecule has 0 aliphatic carbocycles. The van der Waals surface area contributed by atoms with Gasteiger partial charge in [-0.3, -0.25) is 14.0 Å². The predicted octanol–water partition coefficient (Wildman–Crippen LogP) is 3.17. The van der Waals surface area contributed by atoms with E-state index in [-0.39, 0.29) is 41.3 Å². The Morgan fingerprint density at radius 2 is 2.17 bits per heavy atom. The Morgan fingerprint density at radius 1 is 1.33 bits per heavy atom. The lowest BCUT2D eigenvalue weighted by Gasteiger charge is -2.18. The van der Waals surface area contributed by atoms with E-state index in [1.807, 2.05) is 24.7 Å². The maximum Gasteiger partial charge on any atom is 0.341 e. The number of carbonyl (C=O) groups is 2. The van der Waals surface area contributed by atoms with E-state index in [9.17, 15) is 14.4 Å². The van der Waals surface area contributed by atoms with Crippen molar-refractivity contribution in [3.63, 3.8) is 0 Å². The lowest BCUT2D eigenvalue weighted by Crippen LogP contribution is -2.35. The number of hydrogen-bond donors (Lipinski definition) is 0. The molecule has 9 nitrogen and oxygen atoms in total. The molecule has 1 atom stereocenters. The van der Waals surface area contributed by atoms with Gasteiger partial charge < -0.3 is 14.0 Å². The third-order valence-electron chi connectivity index (χ3n) is 5.79. The van der Waals surface area contributed by atoms with Gasteiger partial charge in [-0.2, -0.15) is 4.99 Å². The van der Waals surface area contributed by atoms with Crippen LogP contribution in [0.3, 0.4) is 0 Å². The van der Waals surface area contributed by atoms with Crippen molar-refractivity contribution in [1.29, 1.82) is 0 Å². The topological polar surface area (TPSA) is 104 Å². The van der Waals surface area contributed by atoms with Crippen LogP contribution < -0.4 is 11.0 Å². The maximum absolute atomic E-state index is 13.5. The number of aryl methyl sites for hydroxylation is 1. The van der Waals surface area contributed by atoms with Crippen molar-refractivity contribution in [2.45, 2.75) is 39.3 Å². The fourth-order valence-corrected chi connectivity index (χ4v) is 4.38. The van der Waals surface area contributed by atoms with Crippen molar-refractivity contribution in [2.24, 2.45) is 4.99 Å². The molecule has 0 spiro atoms. The highest BCUT2D eigenvalue weighted by Crippen LogP contribution is 2.18. The molecule has 1 saturated heterocycles. The van der Waals surface area contributed by atoms with Crippen molar-refractivity contribution in [1.82, 2.24) is 14.0 Å². The first-order valence-electron chi connectivity index (χ1n) is 11.7. The molecule has 4 heterocycles. The summed E-state index contributed by atoms with van der Waals surface area (Å²) in [5.41, 5.74) is 1.41. The van der Waals surface area contributed by atoms with Gasteiger partial charge in [-0.15, -0.1) is 11.8 Å². The van der Waals surface area contributed by atoms with E-state index in [0.29, 0.717) is 17.9 Å². The van der Waals surface area contributed by atoms with Crippen molar-refractivity contribution in [3.8, 4) is 0 Å². The molecule has 1 amide bonds. The second-order valence-electron chi connectivity index (χ2n) is 8.26. The normalized spacial score (nSPS) is 16.6. The molecule has 1 aliphatic rings. The third-order valence-corrected chi connectivity index (χ3v) is 6.22. The summed E-state index contributed by atoms with van der Waals surface area (Å²) in [4.78, 5) is 48.4. The number of ether oxygens (including phenoxy) is 2. The Kier molecular flexibility index (Phi) is 8.17. The molecule has 3 aromatic heterocycles. The molecule has 0 N–H and O–H groups in total. The fourth-order valence-electron chi connectivity index (χ4n) is 4.14. The fraction of sp³-hybridized carbons (Fsp3) is 0.346. The first-order chi connectivity index (χ1) is 17.4. The van der Waals surface area contributed by atoms with Gasteiger partial charge in [-0.1, -0.05) is 18.2 Å². The summed E-state index contributed by atoms with van der Waals surface area (Å²) in [7, 11) is 0. The predicted molar refractivity (Wildman–Crippen MR) is 139 cm³/mol. The van der Waals surface area contributed by atoms with Gasteiger partial charge in [0.15, 0.2) is 5.49 Å². The number of esters is 1. The van der Waals surface area contributed by atoms with Gasteiger partial charge in [-0.25, -0.2) is 9.78 Å². The lowest BCUT2D eigenvalue weighted by molar-refractivity contribution is -0.113. The highest BCUT2D eigenvalue weighted by molar-refractivity contribution is 8.01. The highest BCUT2D eigenvalue weighted by Gasteiger charge is 2.23. The standard InChI is InChI=1S/C26H28N4O5S/c1-4-34-26(33)20-15-19-23(28-22-17(2)9-7-12-29(22)25(19)32)30(16-18-10-8-13-35-18)24(20)27-21(31)11-5-6-14-36-3/h5-7,9,11-12,14-15,18H,4,8,10,13,16H2,1-3H3/b11-5+,14-6-,27-24?. The SMILES string of the molecule is CCOC(=O)c1cc2c(=O)n3cccc(C)c3nc2n(CC2CCCO2)c1=NC(=O)/C=C/C=C\SC. The zero-order valence-corrected chi connectivity index (χ0v) is 21.3. The van der Waals surface area contributed by atoms with Crippen LogP contribution in [-0.2, 0) is 20.8 Å². The molecule has 36 heavy (non-hydrogen) atoms. The third kappa shape index (κ3) is 5.34. The van der Waals surface area contributed by atoms with Crippen LogP contribution in [0, 0.1) is 6.92 Å². The Hall–Kier alpha value is -3.50. The average Bonchev–Trinajstić information content (AvgIpc) is 3.37. The van der Waals surface area contributed by atoms with E-state index in [0.717, 1.165) is 18.4 Å². The van der Waals surface area contributed by atoms with Gasteiger partial charge in [0, 0.05) is 18.9 Å². The number of allylic oxidation sites excluding steroid dienone is 2. The lowest BCUT2D eigenvalue weighted by atomic mass is 10.1. The summed E-state index contributed by atoms with van der Waals surface area (Å²) < 4.78 is 14.2. The van der Waals surface area contributed by atoms with E-state index in [2.05, 4.69) is 4.99 Å². The van der Waals surface area contributed by atoms with Crippen molar-refractivity contribution in [2.75, 3.05) is 19.5 Å². The quantitative estimate of drug-likeness (QED) is 0.209. The number of rotatable bonds is 7. The Morgan fingerprint density at radius 3 is 2.89 bits per heavy atom. The molecule has 1 unspecified atom stereocenters. The molecule has 0 aromatic carbocycles. The number of thioether (sulfide) groups is 1. The Labute approximate surface area is 212 Å². The maximum atomic E-state index is 13.5. The van der Waals surface area contributed by atoms with Crippen LogP contribution in [0.5, 0.6) is 0 Å². The van der Waals surface area contributed by atoms with Crippen LogP contribution in [0.1, 0.15) is 35.7 Å². The Balaban J connectivity index is 2.07. The summed E-state index contributed by atoms with van der Waals surface area (Å²) in [6.45, 7) is 4.58. The van der Waals surface area contributed by atoms with E-state index in [4.69, 9.17) is 14.5 Å². The number of hydrogen-bond acceptors (Lipinski definition) is 7. The molecule has 188 valence electrons. The van der Waals surface area contributed by atoms with E-state index in [1.54, 1.807) is 35.9 Å². The van der Waals surface area contributed by atoms with Crippen LogP contribution in [0.2, 0.25) is 0 Å². The number of nitrogens with zero attached hydrogens (tertiary/aromatic N) is 4.